The molecule has 0 atom stereocenters. The zero-order valence-electron chi connectivity index (χ0n) is 11.6. The molecule has 0 saturated carbocycles. The molecule has 0 bridgehead atoms. The topological polar surface area (TPSA) is 52.3 Å². The highest BCUT2D eigenvalue weighted by atomic mass is 16.5. The van der Waals surface area contributed by atoms with Gasteiger partial charge in [0.25, 0.3) is 0 Å². The second-order valence-corrected chi connectivity index (χ2v) is 5.35. The number of esters is 1. The van der Waals surface area contributed by atoms with Gasteiger partial charge in [0.15, 0.2) is 17.8 Å². The average Bonchev–Trinajstić information content (AvgIpc) is 2.86. The van der Waals surface area contributed by atoms with E-state index in [1.165, 1.54) is 19.1 Å². The van der Waals surface area contributed by atoms with Crippen LogP contribution in [-0.2, 0) is 10.2 Å². The normalized spacial score (nSPS) is 11.4. The second-order valence-electron chi connectivity index (χ2n) is 5.35. The summed E-state index contributed by atoms with van der Waals surface area (Å²) in [5.41, 5.74) is 2.32. The Kier molecular flexibility index (Phi) is 3.42. The van der Waals surface area contributed by atoms with Crippen molar-refractivity contribution in [2.24, 2.45) is 0 Å². The maximum atomic E-state index is 11.6. The van der Waals surface area contributed by atoms with Crippen LogP contribution in [0.5, 0.6) is 0 Å². The van der Waals surface area contributed by atoms with Crippen LogP contribution in [0.3, 0.4) is 0 Å². The fourth-order valence-electron chi connectivity index (χ4n) is 1.81. The molecule has 0 saturated heterocycles. The Hall–Kier alpha value is -2.10. The largest absolute Gasteiger partial charge is 0.464 e. The lowest BCUT2D eigenvalue weighted by Crippen LogP contribution is -2.10. The molecule has 0 radical (unpaired) electrons. The van der Waals surface area contributed by atoms with Crippen molar-refractivity contribution in [2.45, 2.75) is 26.2 Å². The fourth-order valence-corrected chi connectivity index (χ4v) is 1.81. The smallest absolute Gasteiger partial charge is 0.360 e. The number of carbonyl (C=O) groups is 1. The third-order valence-electron chi connectivity index (χ3n) is 2.96. The van der Waals surface area contributed by atoms with Crippen LogP contribution in [0.15, 0.2) is 35.1 Å². The summed E-state index contributed by atoms with van der Waals surface area (Å²) in [6.07, 6.45) is 1.25. The molecule has 19 heavy (non-hydrogen) atoms. The van der Waals surface area contributed by atoms with Crippen molar-refractivity contribution in [3.8, 4) is 11.3 Å². The number of ether oxygens (including phenoxy) is 1. The van der Waals surface area contributed by atoms with Crippen LogP contribution in [0.4, 0.5) is 0 Å². The lowest BCUT2D eigenvalue weighted by atomic mass is 9.86. The van der Waals surface area contributed by atoms with Crippen molar-refractivity contribution in [3.05, 3.63) is 41.9 Å². The zero-order valence-corrected chi connectivity index (χ0v) is 11.6. The Labute approximate surface area is 112 Å². The minimum absolute atomic E-state index is 0.0884. The lowest BCUT2D eigenvalue weighted by molar-refractivity contribution is 0.0595. The molecule has 1 aromatic carbocycles. The van der Waals surface area contributed by atoms with E-state index in [0.717, 1.165) is 5.56 Å². The Morgan fingerprint density at radius 2 is 1.84 bits per heavy atom. The van der Waals surface area contributed by atoms with Crippen LogP contribution in [0.25, 0.3) is 11.3 Å². The molecule has 0 spiro atoms. The predicted molar refractivity (Wildman–Crippen MR) is 72.0 cm³/mol. The maximum Gasteiger partial charge on any atom is 0.360 e. The van der Waals surface area contributed by atoms with Crippen molar-refractivity contribution < 1.29 is 13.9 Å². The quantitative estimate of drug-likeness (QED) is 0.775. The van der Waals surface area contributed by atoms with E-state index in [2.05, 4.69) is 30.5 Å². The van der Waals surface area contributed by atoms with Crippen LogP contribution in [0, 0.1) is 0 Å². The number of nitrogens with zero attached hydrogens (tertiary/aromatic N) is 1. The minimum Gasteiger partial charge on any atom is -0.464 e. The first-order chi connectivity index (χ1) is 8.93. The van der Waals surface area contributed by atoms with Gasteiger partial charge < -0.3 is 9.15 Å². The molecule has 0 unspecified atom stereocenters. The molecule has 2 rings (SSSR count). The molecule has 0 fully saturated rings. The summed E-state index contributed by atoms with van der Waals surface area (Å²) in [7, 11) is 1.32. The van der Waals surface area contributed by atoms with E-state index in [1.54, 1.807) is 0 Å². The van der Waals surface area contributed by atoms with Crippen LogP contribution in [0.2, 0.25) is 0 Å². The molecule has 0 amide bonds. The van der Waals surface area contributed by atoms with Gasteiger partial charge in [0.1, 0.15) is 0 Å². The summed E-state index contributed by atoms with van der Waals surface area (Å²) in [5, 5.41) is 0. The van der Waals surface area contributed by atoms with E-state index < -0.39 is 5.97 Å². The van der Waals surface area contributed by atoms with Gasteiger partial charge in [0.05, 0.1) is 7.11 Å². The van der Waals surface area contributed by atoms with Crippen LogP contribution in [0.1, 0.15) is 36.8 Å². The number of rotatable bonds is 2. The van der Waals surface area contributed by atoms with Gasteiger partial charge in [-0.15, -0.1) is 0 Å². The minimum atomic E-state index is -0.497. The Morgan fingerprint density at radius 3 is 2.37 bits per heavy atom. The van der Waals surface area contributed by atoms with Crippen molar-refractivity contribution in [1.29, 1.82) is 0 Å². The van der Waals surface area contributed by atoms with E-state index in [9.17, 15) is 4.79 Å². The standard InChI is InChI=1S/C15H17NO3/c1-15(2,3)11-7-5-10(6-8-11)13-12(14(17)18-4)16-9-19-13/h5-9H,1-4H3. The molecule has 1 aromatic heterocycles. The Bertz CT molecular complexity index is 576. The molecule has 4 heteroatoms. The first-order valence-corrected chi connectivity index (χ1v) is 6.06. The second kappa shape index (κ2) is 4.88. The molecule has 4 nitrogen and oxygen atoms in total. The van der Waals surface area contributed by atoms with Crippen molar-refractivity contribution in [2.75, 3.05) is 7.11 Å². The number of oxazole rings is 1. The number of aromatic nitrogens is 1. The summed E-state index contributed by atoms with van der Waals surface area (Å²) in [5.74, 6) is -0.0593. The highest BCUT2D eigenvalue weighted by Crippen LogP contribution is 2.27. The molecule has 0 aliphatic heterocycles. The number of carbonyl (C=O) groups excluding carboxylic acids is 1. The lowest BCUT2D eigenvalue weighted by Gasteiger charge is -2.18. The highest BCUT2D eigenvalue weighted by Gasteiger charge is 2.19. The van der Waals surface area contributed by atoms with Crippen LogP contribution in [-0.4, -0.2) is 18.1 Å². The Morgan fingerprint density at radius 1 is 1.21 bits per heavy atom. The van der Waals surface area contributed by atoms with Crippen molar-refractivity contribution in [3.63, 3.8) is 0 Å². The van der Waals surface area contributed by atoms with Gasteiger partial charge >= 0.3 is 5.97 Å². The molecule has 2 aromatic rings. The maximum absolute atomic E-state index is 11.6. The van der Waals surface area contributed by atoms with Gasteiger partial charge in [0, 0.05) is 5.56 Å². The van der Waals surface area contributed by atoms with Crippen LogP contribution < -0.4 is 0 Å². The summed E-state index contributed by atoms with van der Waals surface area (Å²) in [4.78, 5) is 15.4. The van der Waals surface area contributed by atoms with Gasteiger partial charge in [-0.1, -0.05) is 45.0 Å². The van der Waals surface area contributed by atoms with Gasteiger partial charge in [-0.25, -0.2) is 9.78 Å². The van der Waals surface area contributed by atoms with Crippen molar-refractivity contribution >= 4 is 5.97 Å². The number of hydrogen-bond acceptors (Lipinski definition) is 4. The van der Waals surface area contributed by atoms with E-state index >= 15 is 0 Å². The molecular weight excluding hydrogens is 242 g/mol. The molecule has 0 N–H and O–H groups in total. The van der Waals surface area contributed by atoms with E-state index in [-0.39, 0.29) is 11.1 Å². The third-order valence-corrected chi connectivity index (χ3v) is 2.96. The fraction of sp³-hybridized carbons (Fsp3) is 0.333. The molecule has 0 aliphatic rings. The van der Waals surface area contributed by atoms with Gasteiger partial charge in [-0.2, -0.15) is 0 Å². The Balaban J connectivity index is 2.38. The van der Waals surface area contributed by atoms with E-state index in [0.29, 0.717) is 5.76 Å². The first kappa shape index (κ1) is 13.3. The molecule has 100 valence electrons. The summed E-state index contributed by atoms with van der Waals surface area (Å²) >= 11 is 0. The highest BCUT2D eigenvalue weighted by molar-refractivity contribution is 5.93. The van der Waals surface area contributed by atoms with Gasteiger partial charge in [-0.3, -0.25) is 0 Å². The summed E-state index contributed by atoms with van der Waals surface area (Å²) in [6.45, 7) is 6.45. The number of benzene rings is 1. The summed E-state index contributed by atoms with van der Waals surface area (Å²) in [6, 6.07) is 7.90. The number of methoxy groups -OCH3 is 1. The van der Waals surface area contributed by atoms with Gasteiger partial charge in [-0.05, 0) is 11.0 Å². The van der Waals surface area contributed by atoms with Gasteiger partial charge in [0.2, 0.25) is 0 Å². The average molecular weight is 259 g/mol. The number of hydrogen-bond donors (Lipinski definition) is 0. The third kappa shape index (κ3) is 2.67. The first-order valence-electron chi connectivity index (χ1n) is 6.06. The van der Waals surface area contributed by atoms with Crippen LogP contribution >= 0.6 is 0 Å². The zero-order chi connectivity index (χ0) is 14.0. The molecular formula is C15H17NO3. The van der Waals surface area contributed by atoms with E-state index in [1.807, 2.05) is 24.3 Å². The predicted octanol–water partition coefficient (Wildman–Crippen LogP) is 3.43. The SMILES string of the molecule is COC(=O)c1ncoc1-c1ccc(C(C)(C)C)cc1. The monoisotopic (exact) mass is 259 g/mol. The summed E-state index contributed by atoms with van der Waals surface area (Å²) < 4.78 is 9.96. The molecule has 1 heterocycles. The van der Waals surface area contributed by atoms with E-state index in [4.69, 9.17) is 4.42 Å². The van der Waals surface area contributed by atoms with Crippen molar-refractivity contribution in [1.82, 2.24) is 4.98 Å². The molecule has 0 aliphatic carbocycles.